The van der Waals surface area contributed by atoms with E-state index in [4.69, 9.17) is 15.9 Å². The Morgan fingerprint density at radius 2 is 0.925 bits per heavy atom. The van der Waals surface area contributed by atoms with Crippen molar-refractivity contribution in [3.05, 3.63) is 275 Å². The molecule has 6 atom stereocenters. The Bertz CT molecular complexity index is 4350. The number of halogens is 3. The summed E-state index contributed by atoms with van der Waals surface area (Å²) in [6, 6.07) is 48.3. The normalized spacial score (nSPS) is 18.8. The van der Waals surface area contributed by atoms with Crippen molar-refractivity contribution < 1.29 is 27.9 Å². The van der Waals surface area contributed by atoms with Crippen molar-refractivity contribution in [2.45, 2.75) is 71.2 Å². The van der Waals surface area contributed by atoms with Crippen molar-refractivity contribution in [2.24, 2.45) is 23.5 Å². The van der Waals surface area contributed by atoms with Crippen molar-refractivity contribution in [1.82, 2.24) is 70.0 Å². The number of hydrogen-bond donors (Lipinski definition) is 6. The lowest BCUT2D eigenvalue weighted by Crippen LogP contribution is -2.30. The number of amides is 1. The van der Waals surface area contributed by atoms with Gasteiger partial charge < -0.3 is 31.1 Å². The number of nitrogens with two attached hydrogens (primary N) is 1. The molecule has 3 aliphatic rings. The summed E-state index contributed by atoms with van der Waals surface area (Å²) in [5.74, 6) is 0.0617. The van der Waals surface area contributed by atoms with Gasteiger partial charge >= 0.3 is 5.97 Å². The highest BCUT2D eigenvalue weighted by atomic mass is 19.1. The maximum Gasteiger partial charge on any atom is 0.338 e. The molecule has 0 saturated carbocycles. The number of nitrogens with one attached hydrogen (secondary N) is 4. The number of aromatic amines is 3. The smallest absolute Gasteiger partial charge is 0.338 e. The molecule has 0 radical (unpaired) electrons. The van der Waals surface area contributed by atoms with Crippen LogP contribution in [-0.2, 0) is 32.7 Å². The largest absolute Gasteiger partial charge is 0.478 e. The topological polar surface area (TPSA) is 282 Å². The van der Waals surface area contributed by atoms with E-state index in [1.807, 2.05) is 42.5 Å². The number of benzene rings is 6. The highest BCUT2D eigenvalue weighted by Crippen LogP contribution is 2.34. The van der Waals surface area contributed by atoms with E-state index in [0.29, 0.717) is 52.1 Å². The molecule has 480 valence electrons. The first-order valence-corrected chi connectivity index (χ1v) is 30.6. The number of fused-ring (bicyclic) bond motifs is 1. The van der Waals surface area contributed by atoms with E-state index in [-0.39, 0.29) is 64.5 Å². The monoisotopic (exact) mass is 1260 g/mol. The van der Waals surface area contributed by atoms with Crippen LogP contribution in [0.15, 0.2) is 184 Å². The highest BCUT2D eigenvalue weighted by molar-refractivity contribution is 5.94. The van der Waals surface area contributed by atoms with Crippen LogP contribution < -0.4 is 27.7 Å². The van der Waals surface area contributed by atoms with Crippen LogP contribution in [0.2, 0.25) is 0 Å². The summed E-state index contributed by atoms with van der Waals surface area (Å²) < 4.78 is 42.0. The molecule has 6 aromatic carbocycles. The minimum atomic E-state index is -1.24. The molecular formula is C69H72F3N15O6. The second-order valence-electron chi connectivity index (χ2n) is 23.6. The lowest BCUT2D eigenvalue weighted by Gasteiger charge is -2.16. The molecule has 10 aromatic rings. The van der Waals surface area contributed by atoms with E-state index in [9.17, 15) is 37.1 Å². The third-order valence-electron chi connectivity index (χ3n) is 16.8. The predicted molar refractivity (Wildman–Crippen MR) is 344 cm³/mol. The molecular weight excluding hydrogens is 1190 g/mol. The molecule has 0 aliphatic carbocycles. The van der Waals surface area contributed by atoms with Crippen molar-refractivity contribution in [2.75, 3.05) is 39.3 Å². The molecule has 0 spiro atoms. The van der Waals surface area contributed by atoms with Crippen LogP contribution in [0, 0.1) is 35.2 Å². The first kappa shape index (κ1) is 65.8. The number of aromatic carboxylic acids is 1. The van der Waals surface area contributed by atoms with E-state index < -0.39 is 34.9 Å². The van der Waals surface area contributed by atoms with Crippen LogP contribution in [0.5, 0.6) is 0 Å². The molecule has 7 N–H and O–H groups in total. The quantitative estimate of drug-likeness (QED) is 0.0563. The fraction of sp³-hybridized carbons (Fsp3) is 0.290. The van der Waals surface area contributed by atoms with Crippen molar-refractivity contribution in [1.29, 1.82) is 0 Å². The van der Waals surface area contributed by atoms with Gasteiger partial charge in [0.25, 0.3) is 22.6 Å². The van der Waals surface area contributed by atoms with Crippen LogP contribution in [0.3, 0.4) is 0 Å². The van der Waals surface area contributed by atoms with Gasteiger partial charge in [0.15, 0.2) is 11.3 Å². The van der Waals surface area contributed by atoms with Gasteiger partial charge in [-0.1, -0.05) is 148 Å². The van der Waals surface area contributed by atoms with Gasteiger partial charge in [-0.25, -0.2) is 27.5 Å². The first-order valence-electron chi connectivity index (χ1n) is 30.6. The van der Waals surface area contributed by atoms with Gasteiger partial charge in [-0.2, -0.15) is 5.10 Å². The van der Waals surface area contributed by atoms with Crippen molar-refractivity contribution >= 4 is 17.4 Å². The summed E-state index contributed by atoms with van der Waals surface area (Å²) in [5.41, 5.74) is 9.02. The van der Waals surface area contributed by atoms with Gasteiger partial charge in [-0.05, 0) is 70.8 Å². The molecule has 3 fully saturated rings. The predicted octanol–water partition coefficient (Wildman–Crippen LogP) is 8.31. The fourth-order valence-electron chi connectivity index (χ4n) is 12.0. The first-order chi connectivity index (χ1) is 45.0. The molecule has 1 amide bonds. The van der Waals surface area contributed by atoms with Crippen molar-refractivity contribution in [3.8, 4) is 11.4 Å². The lowest BCUT2D eigenvalue weighted by molar-refractivity contribution is 0.0691. The number of imidazole rings is 1. The summed E-state index contributed by atoms with van der Waals surface area (Å²) in [5, 5.41) is 31.9. The maximum absolute atomic E-state index is 14.3. The molecule has 21 nitrogen and oxygen atoms in total. The Balaban J connectivity index is 0.000000143. The van der Waals surface area contributed by atoms with Crippen LogP contribution in [0.4, 0.5) is 13.2 Å². The summed E-state index contributed by atoms with van der Waals surface area (Å²) in [6.07, 6.45) is 1.44. The number of hydrogen-bond acceptors (Lipinski definition) is 15. The van der Waals surface area contributed by atoms with Gasteiger partial charge in [0, 0.05) is 83.2 Å². The van der Waals surface area contributed by atoms with Crippen LogP contribution in [0.1, 0.15) is 105 Å². The number of likely N-dealkylation sites (tertiary alicyclic amines) is 3. The van der Waals surface area contributed by atoms with Gasteiger partial charge in [0.05, 0.1) is 29.4 Å². The summed E-state index contributed by atoms with van der Waals surface area (Å²) >= 11 is 0. The molecule has 3 saturated heterocycles. The van der Waals surface area contributed by atoms with Crippen LogP contribution in [0.25, 0.3) is 16.9 Å². The number of carboxylic acid groups (broad SMARTS) is 1. The van der Waals surface area contributed by atoms with E-state index in [0.717, 1.165) is 65.0 Å². The average Bonchev–Trinajstić information content (AvgIpc) is 1.67. The number of carbonyl (C=O) groups is 2. The number of rotatable bonds is 15. The molecule has 7 heterocycles. The molecule has 6 unspecified atom stereocenters. The number of carbonyl (C=O) groups excluding carboxylic acids is 1. The third kappa shape index (κ3) is 16.7. The Morgan fingerprint density at radius 3 is 1.35 bits per heavy atom. The Hall–Kier alpha value is -10.1. The van der Waals surface area contributed by atoms with E-state index in [2.05, 4.69) is 130 Å². The van der Waals surface area contributed by atoms with Gasteiger partial charge in [-0.3, -0.25) is 33.9 Å². The SMILES string of the molecule is CC1CN(Cc2ccccc2)CC1c1nn2c(-c3ccccc3F)ncc2c(=O)[nH]1.CC1CN(Cc2ccccc2)CC1c1nnc(CN)c(=O)[nH]1.CC1CN(Cc2ccccc2)CC1c1nnc(CNC(=O)c2ccccc2F)c(=O)[nH]1.O=C(O)c1ccccc1F. The molecule has 4 aromatic heterocycles. The minimum absolute atomic E-state index is 0.0750. The second-order valence-corrected chi connectivity index (χ2v) is 23.6. The summed E-state index contributed by atoms with van der Waals surface area (Å²) in [7, 11) is 0. The molecule has 3 aliphatic heterocycles. The molecule has 93 heavy (non-hydrogen) atoms. The second kappa shape index (κ2) is 30.8. The molecule has 0 bridgehead atoms. The van der Waals surface area contributed by atoms with E-state index in [1.165, 1.54) is 69.9 Å². The van der Waals surface area contributed by atoms with Gasteiger partial charge in [0.2, 0.25) is 0 Å². The number of nitrogens with zero attached hydrogens (tertiary/aromatic N) is 10. The standard InChI is InChI=1S/C23H24FN5O2.C23H22FN5O.C16H21N5O.C7H5FO2/c1-15-12-29(13-16-7-3-2-4-8-16)14-18(15)21-26-23(31)20(27-28-21)11-25-22(30)17-9-5-6-10-19(17)24;1-15-12-28(13-16-7-3-2-4-8-16)14-18(15)21-26-23(30)20-11-25-22(29(20)27-21)17-9-5-6-10-19(17)24;1-11-8-21(9-12-5-3-2-4-6-12)10-13(11)15-18-16(22)14(7-17)19-20-15;8-6-4-2-1-3-5(6)7(9)10/h2-10,15,18H,11-14H2,1H3,(H,25,30)(H,26,28,31);2-11,15,18H,12-14H2,1H3,(H,26,27,30);2-6,11,13H,7-10,17H2,1H3,(H,18,20,22);1-4H,(H,9,10). The third-order valence-corrected chi connectivity index (χ3v) is 16.8. The van der Waals surface area contributed by atoms with Crippen molar-refractivity contribution in [3.63, 3.8) is 0 Å². The van der Waals surface area contributed by atoms with E-state index >= 15 is 0 Å². The van der Waals surface area contributed by atoms with Gasteiger partial charge in [-0.15, -0.1) is 20.4 Å². The number of aromatic nitrogens is 10. The minimum Gasteiger partial charge on any atom is -0.478 e. The summed E-state index contributed by atoms with van der Waals surface area (Å²) in [4.78, 5) is 79.4. The average molecular weight is 1260 g/mol. The highest BCUT2D eigenvalue weighted by Gasteiger charge is 2.36. The Morgan fingerprint density at radius 1 is 0.516 bits per heavy atom. The van der Waals surface area contributed by atoms with E-state index in [1.54, 1.807) is 24.3 Å². The molecule has 13 rings (SSSR count). The zero-order valence-corrected chi connectivity index (χ0v) is 51.6. The fourth-order valence-corrected chi connectivity index (χ4v) is 12.0. The van der Waals surface area contributed by atoms with Crippen LogP contribution >= 0.6 is 0 Å². The maximum atomic E-state index is 14.3. The molecule has 24 heteroatoms. The zero-order chi connectivity index (χ0) is 65.5. The number of H-pyrrole nitrogens is 3. The Labute approximate surface area is 533 Å². The summed E-state index contributed by atoms with van der Waals surface area (Å²) in [6.45, 7) is 14.4. The zero-order valence-electron chi connectivity index (χ0n) is 51.6. The van der Waals surface area contributed by atoms with Gasteiger partial charge in [0.1, 0.15) is 46.3 Å². The number of carboxylic acids is 1. The Kier molecular flexibility index (Phi) is 21.8. The lowest BCUT2D eigenvalue weighted by atomic mass is 9.97. The van der Waals surface area contributed by atoms with Crippen LogP contribution in [-0.4, -0.2) is 121 Å².